The Hall–Kier alpha value is -2.86. The minimum atomic E-state index is -0.918. The van der Waals surface area contributed by atoms with Gasteiger partial charge in [0.1, 0.15) is 6.61 Å². The molecule has 6 nitrogen and oxygen atoms in total. The monoisotopic (exact) mass is 381 g/mol. The molecular weight excluding hydrogens is 358 g/mol. The third-order valence-corrected chi connectivity index (χ3v) is 5.69. The third-order valence-electron chi connectivity index (χ3n) is 5.69. The van der Waals surface area contributed by atoms with Crippen LogP contribution >= 0.6 is 0 Å². The fourth-order valence-electron chi connectivity index (χ4n) is 4.24. The molecule has 4 rings (SSSR count). The third kappa shape index (κ3) is 3.36. The first-order valence-corrected chi connectivity index (χ1v) is 9.44. The van der Waals surface area contributed by atoms with Crippen LogP contribution in [0.1, 0.15) is 23.5 Å². The number of carbonyl (C=O) groups is 2. The first kappa shape index (κ1) is 18.5. The molecule has 0 radical (unpaired) electrons. The van der Waals surface area contributed by atoms with E-state index in [1.807, 2.05) is 24.3 Å². The van der Waals surface area contributed by atoms with Gasteiger partial charge in [-0.3, -0.25) is 4.79 Å². The van der Waals surface area contributed by atoms with E-state index in [9.17, 15) is 14.7 Å². The molecule has 1 saturated heterocycles. The van der Waals surface area contributed by atoms with Gasteiger partial charge in [-0.15, -0.1) is 0 Å². The van der Waals surface area contributed by atoms with Gasteiger partial charge in [0.25, 0.3) is 0 Å². The van der Waals surface area contributed by atoms with Gasteiger partial charge in [-0.1, -0.05) is 48.5 Å². The van der Waals surface area contributed by atoms with Crippen molar-refractivity contribution in [2.75, 3.05) is 26.8 Å². The molecule has 2 aromatic rings. The second-order valence-corrected chi connectivity index (χ2v) is 7.34. The summed E-state index contributed by atoms with van der Waals surface area (Å²) in [5.41, 5.74) is 4.63. The average molecular weight is 381 g/mol. The normalized spacial score (nSPS) is 21.1. The van der Waals surface area contributed by atoms with Gasteiger partial charge >= 0.3 is 12.1 Å². The molecule has 0 spiro atoms. The van der Waals surface area contributed by atoms with Crippen molar-refractivity contribution in [3.8, 4) is 11.1 Å². The Morgan fingerprint density at radius 3 is 2.21 bits per heavy atom. The lowest BCUT2D eigenvalue weighted by Crippen LogP contribution is -2.49. The highest BCUT2D eigenvalue weighted by atomic mass is 16.6. The van der Waals surface area contributed by atoms with Crippen LogP contribution in [-0.4, -0.2) is 55.0 Å². The second-order valence-electron chi connectivity index (χ2n) is 7.34. The number of ether oxygens (including phenoxy) is 2. The zero-order valence-corrected chi connectivity index (χ0v) is 15.7. The molecule has 1 amide bonds. The molecule has 0 saturated carbocycles. The molecule has 1 aliphatic heterocycles. The average Bonchev–Trinajstić information content (AvgIpc) is 3.05. The number of carboxylic acid groups (broad SMARTS) is 1. The number of benzene rings is 2. The molecule has 0 aromatic heterocycles. The van der Waals surface area contributed by atoms with Crippen LogP contribution in [-0.2, 0) is 14.3 Å². The topological polar surface area (TPSA) is 76.1 Å². The van der Waals surface area contributed by atoms with E-state index in [1.54, 1.807) is 0 Å². The Bertz CT molecular complexity index is 851. The van der Waals surface area contributed by atoms with E-state index in [4.69, 9.17) is 9.47 Å². The number of likely N-dealkylation sites (tertiary alicyclic amines) is 1. The SMILES string of the molecule is CO[C@@H]1C[C@H](C(=O)O)CN(C(=O)OCC2c3ccccc3-c3ccccc32)C1. The number of rotatable bonds is 4. The van der Waals surface area contributed by atoms with E-state index in [0.29, 0.717) is 13.0 Å². The number of piperidine rings is 1. The molecule has 2 atom stereocenters. The molecule has 0 unspecified atom stereocenters. The number of hydrogen-bond donors (Lipinski definition) is 1. The number of hydrogen-bond acceptors (Lipinski definition) is 4. The number of amides is 1. The van der Waals surface area contributed by atoms with Crippen molar-refractivity contribution in [1.29, 1.82) is 0 Å². The predicted octanol–water partition coefficient (Wildman–Crippen LogP) is 3.36. The smallest absolute Gasteiger partial charge is 0.409 e. The lowest BCUT2D eigenvalue weighted by Gasteiger charge is -2.34. The highest BCUT2D eigenvalue weighted by Crippen LogP contribution is 2.44. The summed E-state index contributed by atoms with van der Waals surface area (Å²) in [6, 6.07) is 16.3. The van der Waals surface area contributed by atoms with Crippen molar-refractivity contribution >= 4 is 12.1 Å². The summed E-state index contributed by atoms with van der Waals surface area (Å²) in [5.74, 6) is -1.58. The minimum Gasteiger partial charge on any atom is -0.481 e. The van der Waals surface area contributed by atoms with Gasteiger partial charge in [-0.2, -0.15) is 0 Å². The quantitative estimate of drug-likeness (QED) is 0.879. The molecule has 1 aliphatic carbocycles. The molecule has 0 bridgehead atoms. The fraction of sp³-hybridized carbons (Fsp3) is 0.364. The first-order chi connectivity index (χ1) is 13.6. The Morgan fingerprint density at radius 2 is 1.64 bits per heavy atom. The van der Waals surface area contributed by atoms with Gasteiger partial charge in [0.15, 0.2) is 0 Å². The first-order valence-electron chi connectivity index (χ1n) is 9.44. The van der Waals surface area contributed by atoms with E-state index in [1.165, 1.54) is 23.1 Å². The molecule has 1 fully saturated rings. The van der Waals surface area contributed by atoms with Crippen molar-refractivity contribution in [2.24, 2.45) is 5.92 Å². The van der Waals surface area contributed by atoms with E-state index >= 15 is 0 Å². The van der Waals surface area contributed by atoms with E-state index in [2.05, 4.69) is 24.3 Å². The van der Waals surface area contributed by atoms with E-state index in [-0.39, 0.29) is 25.2 Å². The van der Waals surface area contributed by atoms with Crippen molar-refractivity contribution in [3.05, 3.63) is 59.7 Å². The highest BCUT2D eigenvalue weighted by Gasteiger charge is 2.35. The van der Waals surface area contributed by atoms with Crippen molar-refractivity contribution in [1.82, 2.24) is 4.90 Å². The summed E-state index contributed by atoms with van der Waals surface area (Å²) in [4.78, 5) is 25.5. The van der Waals surface area contributed by atoms with Gasteiger partial charge in [0.05, 0.1) is 18.6 Å². The second kappa shape index (κ2) is 7.64. The fourth-order valence-corrected chi connectivity index (χ4v) is 4.24. The zero-order chi connectivity index (χ0) is 19.7. The maximum atomic E-state index is 12.7. The van der Waals surface area contributed by atoms with Crippen molar-refractivity contribution in [2.45, 2.75) is 18.4 Å². The number of aliphatic carboxylic acids is 1. The van der Waals surface area contributed by atoms with Crippen LogP contribution in [0.25, 0.3) is 11.1 Å². The summed E-state index contributed by atoms with van der Waals surface area (Å²) in [6.45, 7) is 0.710. The maximum absolute atomic E-state index is 12.7. The van der Waals surface area contributed by atoms with Gasteiger partial charge in [-0.25, -0.2) is 4.79 Å². The number of fused-ring (bicyclic) bond motifs is 3. The Balaban J connectivity index is 1.48. The van der Waals surface area contributed by atoms with Crippen LogP contribution in [0.4, 0.5) is 4.79 Å². The zero-order valence-electron chi connectivity index (χ0n) is 15.7. The minimum absolute atomic E-state index is 0.0189. The van der Waals surface area contributed by atoms with Gasteiger partial charge in [-0.05, 0) is 28.7 Å². The number of methoxy groups -OCH3 is 1. The van der Waals surface area contributed by atoms with E-state index < -0.39 is 18.0 Å². The molecule has 146 valence electrons. The summed E-state index contributed by atoms with van der Waals surface area (Å²) in [5, 5.41) is 9.34. The summed E-state index contributed by atoms with van der Waals surface area (Å²) < 4.78 is 10.9. The van der Waals surface area contributed by atoms with Crippen LogP contribution in [0.2, 0.25) is 0 Å². The number of carbonyl (C=O) groups excluding carboxylic acids is 1. The summed E-state index contributed by atoms with van der Waals surface area (Å²) in [7, 11) is 1.53. The van der Waals surface area contributed by atoms with Crippen LogP contribution in [0.3, 0.4) is 0 Å². The lowest BCUT2D eigenvalue weighted by atomic mass is 9.96. The molecule has 1 heterocycles. The summed E-state index contributed by atoms with van der Waals surface area (Å²) in [6.07, 6.45) is -0.385. The molecular formula is C22H23NO5. The molecule has 28 heavy (non-hydrogen) atoms. The lowest BCUT2D eigenvalue weighted by molar-refractivity contribution is -0.145. The van der Waals surface area contributed by atoms with Crippen molar-refractivity contribution < 1.29 is 24.2 Å². The van der Waals surface area contributed by atoms with Gasteiger partial charge < -0.3 is 19.5 Å². The van der Waals surface area contributed by atoms with Crippen molar-refractivity contribution in [3.63, 3.8) is 0 Å². The molecule has 6 heteroatoms. The number of carboxylic acids is 1. The maximum Gasteiger partial charge on any atom is 0.409 e. The van der Waals surface area contributed by atoms with Gasteiger partial charge in [0, 0.05) is 19.6 Å². The Morgan fingerprint density at radius 1 is 1.04 bits per heavy atom. The van der Waals surface area contributed by atoms with Crippen LogP contribution in [0, 0.1) is 5.92 Å². The Labute approximate surface area is 163 Å². The van der Waals surface area contributed by atoms with Crippen LogP contribution in [0.5, 0.6) is 0 Å². The van der Waals surface area contributed by atoms with E-state index in [0.717, 1.165) is 11.1 Å². The highest BCUT2D eigenvalue weighted by molar-refractivity contribution is 5.79. The number of nitrogens with zero attached hydrogens (tertiary/aromatic N) is 1. The standard InChI is InChI=1S/C22H23NO5/c1-27-15-10-14(21(24)25)11-23(12-15)22(26)28-13-20-18-8-4-2-6-16(18)17-7-3-5-9-19(17)20/h2-9,14-15,20H,10-13H2,1H3,(H,24,25)/t14-,15+/m0/s1. The van der Waals surface area contributed by atoms with Gasteiger partial charge in [0.2, 0.25) is 0 Å². The van der Waals surface area contributed by atoms with Crippen LogP contribution < -0.4 is 0 Å². The molecule has 2 aliphatic rings. The molecule has 1 N–H and O–H groups in total. The predicted molar refractivity (Wildman–Crippen MR) is 103 cm³/mol. The largest absolute Gasteiger partial charge is 0.481 e. The molecule has 2 aromatic carbocycles. The van der Waals surface area contributed by atoms with Crippen LogP contribution in [0.15, 0.2) is 48.5 Å². The summed E-state index contributed by atoms with van der Waals surface area (Å²) >= 11 is 0. The Kier molecular flexibility index (Phi) is 5.05.